The van der Waals surface area contributed by atoms with E-state index in [9.17, 15) is 9.59 Å². The Bertz CT molecular complexity index is 469. The Morgan fingerprint density at radius 2 is 2.16 bits per heavy atom. The number of carbonyl (C=O) groups is 2. The molecule has 0 unspecified atom stereocenters. The lowest BCUT2D eigenvalue weighted by atomic mass is 10.2. The molecule has 0 bridgehead atoms. The number of rotatable bonds is 4. The third kappa shape index (κ3) is 6.33. The number of aldehydes is 1. The van der Waals surface area contributed by atoms with Crippen molar-refractivity contribution in [2.45, 2.75) is 32.8 Å². The van der Waals surface area contributed by atoms with Gasteiger partial charge in [-0.05, 0) is 32.9 Å². The topological polar surface area (TPSA) is 68.3 Å². The summed E-state index contributed by atoms with van der Waals surface area (Å²) >= 11 is 3.30. The molecule has 1 aromatic rings. The van der Waals surface area contributed by atoms with Crippen LogP contribution < -0.4 is 5.32 Å². The predicted molar refractivity (Wildman–Crippen MR) is 75.3 cm³/mol. The van der Waals surface area contributed by atoms with E-state index in [1.54, 1.807) is 26.8 Å². The van der Waals surface area contributed by atoms with Crippen molar-refractivity contribution in [3.8, 4) is 0 Å². The molecule has 1 heterocycles. The van der Waals surface area contributed by atoms with E-state index in [1.807, 2.05) is 6.07 Å². The number of alkyl carbamates (subject to hydrolysis) is 1. The summed E-state index contributed by atoms with van der Waals surface area (Å²) < 4.78 is 5.90. The standard InChI is InChI=1S/C13H17BrN2O3/c1-13(2,3)19-12(18)15-5-4-10-6-9(14)7-11(8-17)16-10/h6-8H,4-5H2,1-3H3,(H,15,18). The second-order valence-corrected chi connectivity index (χ2v) is 5.91. The van der Waals surface area contributed by atoms with Gasteiger partial charge in [-0.2, -0.15) is 0 Å². The van der Waals surface area contributed by atoms with Crippen LogP contribution in [0.5, 0.6) is 0 Å². The number of aromatic nitrogens is 1. The van der Waals surface area contributed by atoms with Gasteiger partial charge in [0.2, 0.25) is 0 Å². The minimum Gasteiger partial charge on any atom is -0.444 e. The van der Waals surface area contributed by atoms with Crippen molar-refractivity contribution in [1.82, 2.24) is 10.3 Å². The number of pyridine rings is 1. The molecule has 1 N–H and O–H groups in total. The van der Waals surface area contributed by atoms with Gasteiger partial charge in [0.1, 0.15) is 11.3 Å². The molecule has 0 saturated heterocycles. The van der Waals surface area contributed by atoms with Gasteiger partial charge in [-0.25, -0.2) is 9.78 Å². The van der Waals surface area contributed by atoms with Crippen molar-refractivity contribution in [2.24, 2.45) is 0 Å². The van der Waals surface area contributed by atoms with Gasteiger partial charge in [-0.3, -0.25) is 4.79 Å². The molecular weight excluding hydrogens is 312 g/mol. The predicted octanol–water partition coefficient (Wildman–Crippen LogP) is 2.72. The molecule has 0 aromatic carbocycles. The highest BCUT2D eigenvalue weighted by atomic mass is 79.9. The fourth-order valence-corrected chi connectivity index (χ4v) is 1.87. The molecule has 1 aromatic heterocycles. The van der Waals surface area contributed by atoms with Crippen molar-refractivity contribution in [3.05, 3.63) is 28.0 Å². The monoisotopic (exact) mass is 328 g/mol. The lowest BCUT2D eigenvalue weighted by Crippen LogP contribution is -2.33. The first-order chi connectivity index (χ1) is 8.80. The SMILES string of the molecule is CC(C)(C)OC(=O)NCCc1cc(Br)cc(C=O)n1. The molecule has 0 aliphatic carbocycles. The molecule has 6 heteroatoms. The zero-order valence-corrected chi connectivity index (χ0v) is 12.8. The highest BCUT2D eigenvalue weighted by Gasteiger charge is 2.15. The van der Waals surface area contributed by atoms with E-state index in [1.165, 1.54) is 0 Å². The largest absolute Gasteiger partial charge is 0.444 e. The smallest absolute Gasteiger partial charge is 0.407 e. The van der Waals surface area contributed by atoms with Gasteiger partial charge in [-0.15, -0.1) is 0 Å². The van der Waals surface area contributed by atoms with E-state index in [-0.39, 0.29) is 0 Å². The Morgan fingerprint density at radius 1 is 1.47 bits per heavy atom. The zero-order chi connectivity index (χ0) is 14.5. The van der Waals surface area contributed by atoms with E-state index in [0.29, 0.717) is 24.9 Å². The van der Waals surface area contributed by atoms with Crippen LogP contribution in [0.2, 0.25) is 0 Å². The van der Waals surface area contributed by atoms with Gasteiger partial charge < -0.3 is 10.1 Å². The number of hydrogen-bond donors (Lipinski definition) is 1. The van der Waals surface area contributed by atoms with E-state index < -0.39 is 11.7 Å². The second-order valence-electron chi connectivity index (χ2n) is 5.00. The maximum Gasteiger partial charge on any atom is 0.407 e. The molecule has 19 heavy (non-hydrogen) atoms. The number of amides is 1. The molecule has 0 saturated carbocycles. The van der Waals surface area contributed by atoms with Crippen LogP contribution in [0.1, 0.15) is 37.0 Å². The van der Waals surface area contributed by atoms with Crippen LogP contribution >= 0.6 is 15.9 Å². The van der Waals surface area contributed by atoms with Crippen LogP contribution in [-0.2, 0) is 11.2 Å². The van der Waals surface area contributed by atoms with Gasteiger partial charge >= 0.3 is 6.09 Å². The van der Waals surface area contributed by atoms with Gasteiger partial charge in [0.25, 0.3) is 0 Å². The molecule has 5 nitrogen and oxygen atoms in total. The van der Waals surface area contributed by atoms with E-state index in [0.717, 1.165) is 10.2 Å². The number of halogens is 1. The normalized spacial score (nSPS) is 10.9. The number of hydrogen-bond acceptors (Lipinski definition) is 4. The molecule has 0 atom stereocenters. The fraction of sp³-hybridized carbons (Fsp3) is 0.462. The third-order valence-corrected chi connectivity index (χ3v) is 2.49. The molecule has 1 amide bonds. The minimum atomic E-state index is -0.511. The number of carbonyl (C=O) groups excluding carboxylic acids is 2. The van der Waals surface area contributed by atoms with Crippen molar-refractivity contribution in [1.29, 1.82) is 0 Å². The Hall–Kier alpha value is -1.43. The van der Waals surface area contributed by atoms with Gasteiger partial charge in [0.15, 0.2) is 6.29 Å². The van der Waals surface area contributed by atoms with Crippen molar-refractivity contribution in [3.63, 3.8) is 0 Å². The molecule has 104 valence electrons. The number of ether oxygens (including phenoxy) is 1. The molecule has 1 rings (SSSR count). The lowest BCUT2D eigenvalue weighted by Gasteiger charge is -2.19. The molecule has 0 spiro atoms. The van der Waals surface area contributed by atoms with Crippen LogP contribution in [0.25, 0.3) is 0 Å². The average Bonchev–Trinajstić information content (AvgIpc) is 2.25. The summed E-state index contributed by atoms with van der Waals surface area (Å²) in [5.74, 6) is 0. The molecule has 0 radical (unpaired) electrons. The van der Waals surface area contributed by atoms with E-state index in [2.05, 4.69) is 26.2 Å². The van der Waals surface area contributed by atoms with E-state index in [4.69, 9.17) is 4.74 Å². The first kappa shape index (κ1) is 15.6. The van der Waals surface area contributed by atoms with E-state index >= 15 is 0 Å². The zero-order valence-electron chi connectivity index (χ0n) is 11.2. The highest BCUT2D eigenvalue weighted by molar-refractivity contribution is 9.10. The minimum absolute atomic E-state index is 0.363. The Labute approximate surface area is 120 Å². The Kier molecular flexibility index (Phi) is 5.47. The molecular formula is C13H17BrN2O3. The molecule has 0 aliphatic rings. The first-order valence-electron chi connectivity index (χ1n) is 5.88. The van der Waals surface area contributed by atoms with Crippen molar-refractivity contribution >= 4 is 28.3 Å². The van der Waals surface area contributed by atoms with Crippen LogP contribution in [0.3, 0.4) is 0 Å². The average molecular weight is 329 g/mol. The second kappa shape index (κ2) is 6.65. The third-order valence-electron chi connectivity index (χ3n) is 2.03. The van der Waals surface area contributed by atoms with Gasteiger partial charge in [0.05, 0.1) is 0 Å². The molecule has 0 aliphatic heterocycles. The van der Waals surface area contributed by atoms with Crippen molar-refractivity contribution in [2.75, 3.05) is 6.54 Å². The number of nitrogens with zero attached hydrogens (tertiary/aromatic N) is 1. The van der Waals surface area contributed by atoms with Crippen LogP contribution in [-0.4, -0.2) is 29.5 Å². The van der Waals surface area contributed by atoms with Gasteiger partial charge in [-0.1, -0.05) is 15.9 Å². The highest BCUT2D eigenvalue weighted by Crippen LogP contribution is 2.12. The summed E-state index contributed by atoms with van der Waals surface area (Å²) in [6.07, 6.45) is 0.757. The summed E-state index contributed by atoms with van der Waals surface area (Å²) in [4.78, 5) is 26.2. The fourth-order valence-electron chi connectivity index (χ4n) is 1.37. The summed E-state index contributed by atoms with van der Waals surface area (Å²) in [7, 11) is 0. The summed E-state index contributed by atoms with van der Waals surface area (Å²) in [5, 5.41) is 2.64. The lowest BCUT2D eigenvalue weighted by molar-refractivity contribution is 0.0528. The summed E-state index contributed by atoms with van der Waals surface area (Å²) in [6.45, 7) is 5.81. The summed E-state index contributed by atoms with van der Waals surface area (Å²) in [6, 6.07) is 3.45. The Balaban J connectivity index is 2.47. The van der Waals surface area contributed by atoms with Crippen LogP contribution in [0.15, 0.2) is 16.6 Å². The summed E-state index contributed by atoms with van der Waals surface area (Å²) in [5.41, 5.74) is 0.581. The van der Waals surface area contributed by atoms with Gasteiger partial charge in [0, 0.05) is 23.1 Å². The first-order valence-corrected chi connectivity index (χ1v) is 6.68. The van der Waals surface area contributed by atoms with Crippen LogP contribution in [0, 0.1) is 0 Å². The maximum absolute atomic E-state index is 11.4. The quantitative estimate of drug-likeness (QED) is 0.863. The van der Waals surface area contributed by atoms with Crippen LogP contribution in [0.4, 0.5) is 4.79 Å². The van der Waals surface area contributed by atoms with Crippen molar-refractivity contribution < 1.29 is 14.3 Å². The maximum atomic E-state index is 11.4. The number of nitrogens with one attached hydrogen (secondary N) is 1. The molecule has 0 fully saturated rings. The Morgan fingerprint density at radius 3 is 2.74 bits per heavy atom.